The minimum absolute atomic E-state index is 0.0670. The molecule has 2 heterocycles. The lowest BCUT2D eigenvalue weighted by Gasteiger charge is -2.45. The number of likely N-dealkylation sites (tertiary alicyclic amines) is 1. The summed E-state index contributed by atoms with van der Waals surface area (Å²) in [6, 6.07) is 14.9. The van der Waals surface area contributed by atoms with Crippen LogP contribution in [0.2, 0.25) is 0 Å². The molecule has 1 spiro atoms. The van der Waals surface area contributed by atoms with Crippen molar-refractivity contribution in [3.05, 3.63) is 53.6 Å². The Kier molecular flexibility index (Phi) is 5.25. The Bertz CT molecular complexity index is 912. The molecule has 1 N–H and O–H groups in total. The maximum atomic E-state index is 11.8. The maximum absolute atomic E-state index is 11.8. The molecule has 30 heavy (non-hydrogen) atoms. The molecule has 0 unspecified atom stereocenters. The highest BCUT2D eigenvalue weighted by Gasteiger charge is 2.41. The molecule has 5 nitrogen and oxygen atoms in total. The summed E-state index contributed by atoms with van der Waals surface area (Å²) in [5.41, 5.74) is 4.10. The van der Waals surface area contributed by atoms with E-state index >= 15 is 0 Å². The van der Waals surface area contributed by atoms with Gasteiger partial charge in [-0.1, -0.05) is 24.6 Å². The van der Waals surface area contributed by atoms with Gasteiger partial charge in [0, 0.05) is 44.6 Å². The molecule has 2 aromatic carbocycles. The minimum Gasteiger partial charge on any atom is -0.462 e. The van der Waals surface area contributed by atoms with Gasteiger partial charge >= 0.3 is 0 Å². The Morgan fingerprint density at radius 2 is 1.80 bits per heavy atom. The first-order valence-electron chi connectivity index (χ1n) is 11.2. The third kappa shape index (κ3) is 3.72. The van der Waals surface area contributed by atoms with Crippen molar-refractivity contribution in [2.75, 3.05) is 26.7 Å². The summed E-state index contributed by atoms with van der Waals surface area (Å²) in [5.74, 6) is 0.417. The molecule has 2 aliphatic heterocycles. The van der Waals surface area contributed by atoms with Crippen LogP contribution >= 0.6 is 0 Å². The predicted molar refractivity (Wildman–Crippen MR) is 117 cm³/mol. The van der Waals surface area contributed by atoms with E-state index in [2.05, 4.69) is 28.4 Å². The summed E-state index contributed by atoms with van der Waals surface area (Å²) in [4.78, 5) is 14.4. The van der Waals surface area contributed by atoms with E-state index in [0.29, 0.717) is 12.2 Å². The molecule has 1 aliphatic carbocycles. The third-order valence-electron chi connectivity index (χ3n) is 6.95. The van der Waals surface area contributed by atoms with E-state index in [4.69, 9.17) is 9.47 Å². The van der Waals surface area contributed by atoms with E-state index in [9.17, 15) is 4.79 Å². The molecule has 158 valence electrons. The van der Waals surface area contributed by atoms with Crippen molar-refractivity contribution in [1.29, 1.82) is 0 Å². The van der Waals surface area contributed by atoms with Gasteiger partial charge in [-0.15, -0.1) is 0 Å². The minimum atomic E-state index is -0.470. The molecule has 1 amide bonds. The number of amides is 1. The number of benzene rings is 2. The van der Waals surface area contributed by atoms with Gasteiger partial charge in [-0.2, -0.15) is 0 Å². The summed E-state index contributed by atoms with van der Waals surface area (Å²) in [6.45, 7) is 2.82. The summed E-state index contributed by atoms with van der Waals surface area (Å²) >= 11 is 0. The van der Waals surface area contributed by atoms with E-state index in [0.717, 1.165) is 55.3 Å². The molecule has 0 aromatic heterocycles. The second kappa shape index (κ2) is 8.05. The van der Waals surface area contributed by atoms with Crippen LogP contribution in [0.5, 0.6) is 5.75 Å². The maximum Gasteiger partial charge on any atom is 0.251 e. The number of hydrogen-bond donors (Lipinski definition) is 1. The number of rotatable bonds is 3. The van der Waals surface area contributed by atoms with Crippen molar-refractivity contribution in [2.24, 2.45) is 0 Å². The second-order valence-corrected chi connectivity index (χ2v) is 8.71. The summed E-state index contributed by atoms with van der Waals surface area (Å²) in [7, 11) is 1.65. The first-order chi connectivity index (χ1) is 14.7. The number of carbonyl (C=O) groups excluding carboxylic acids is 1. The van der Waals surface area contributed by atoms with Crippen molar-refractivity contribution in [2.45, 2.75) is 50.4 Å². The summed E-state index contributed by atoms with van der Waals surface area (Å²) < 4.78 is 12.8. The lowest BCUT2D eigenvalue weighted by Crippen LogP contribution is -2.53. The molecule has 5 rings (SSSR count). The average Bonchev–Trinajstić information content (AvgIpc) is 2.92. The monoisotopic (exact) mass is 406 g/mol. The Morgan fingerprint density at radius 3 is 2.47 bits per heavy atom. The number of nitrogens with zero attached hydrogens (tertiary/aromatic N) is 1. The van der Waals surface area contributed by atoms with E-state index in [1.807, 2.05) is 24.3 Å². The number of piperidine rings is 1. The van der Waals surface area contributed by atoms with E-state index < -0.39 is 5.79 Å². The largest absolute Gasteiger partial charge is 0.462 e. The van der Waals surface area contributed by atoms with Crippen LogP contribution in [-0.4, -0.2) is 49.4 Å². The fourth-order valence-electron chi connectivity index (χ4n) is 4.82. The first kappa shape index (κ1) is 19.6. The number of nitrogens with one attached hydrogen (secondary N) is 1. The van der Waals surface area contributed by atoms with Crippen molar-refractivity contribution in [3.8, 4) is 16.9 Å². The van der Waals surface area contributed by atoms with Crippen LogP contribution in [0.4, 0.5) is 0 Å². The SMILES string of the molecule is CNC(=O)c1ccc(-c2ccc3c(c2)CCOC2(CCN(C4CCC4)CC2)O3)cc1. The fourth-order valence-corrected chi connectivity index (χ4v) is 4.82. The van der Waals surface area contributed by atoms with Crippen LogP contribution in [0, 0.1) is 0 Å². The Hall–Kier alpha value is -2.37. The van der Waals surface area contributed by atoms with Crippen LogP contribution in [0.15, 0.2) is 42.5 Å². The van der Waals surface area contributed by atoms with Gasteiger partial charge < -0.3 is 14.8 Å². The van der Waals surface area contributed by atoms with Gasteiger partial charge in [0.25, 0.3) is 5.91 Å². The first-order valence-corrected chi connectivity index (χ1v) is 11.2. The zero-order chi connectivity index (χ0) is 20.6. The number of ether oxygens (including phenoxy) is 2. The molecule has 1 saturated heterocycles. The van der Waals surface area contributed by atoms with Crippen LogP contribution in [0.3, 0.4) is 0 Å². The number of hydrogen-bond acceptors (Lipinski definition) is 4. The van der Waals surface area contributed by atoms with Crippen molar-refractivity contribution in [1.82, 2.24) is 10.2 Å². The van der Waals surface area contributed by atoms with Crippen LogP contribution in [0.25, 0.3) is 11.1 Å². The lowest BCUT2D eigenvalue weighted by molar-refractivity contribution is -0.206. The third-order valence-corrected chi connectivity index (χ3v) is 6.95. The smallest absolute Gasteiger partial charge is 0.251 e. The van der Waals surface area contributed by atoms with E-state index in [1.165, 1.54) is 24.8 Å². The zero-order valence-electron chi connectivity index (χ0n) is 17.7. The highest BCUT2D eigenvalue weighted by Crippen LogP contribution is 2.38. The normalized spacial score (nSPS) is 21.2. The van der Waals surface area contributed by atoms with Gasteiger partial charge in [-0.3, -0.25) is 9.69 Å². The average molecular weight is 407 g/mol. The summed E-state index contributed by atoms with van der Waals surface area (Å²) in [5, 5.41) is 2.66. The zero-order valence-corrected chi connectivity index (χ0v) is 17.7. The fraction of sp³-hybridized carbons (Fsp3) is 0.480. The Labute approximate surface area is 178 Å². The molecule has 5 heteroatoms. The van der Waals surface area contributed by atoms with Crippen molar-refractivity contribution >= 4 is 5.91 Å². The van der Waals surface area contributed by atoms with Gasteiger partial charge in [0.15, 0.2) is 0 Å². The number of fused-ring (bicyclic) bond motifs is 1. The molecule has 0 atom stereocenters. The topological polar surface area (TPSA) is 50.8 Å². The molecule has 0 bridgehead atoms. The second-order valence-electron chi connectivity index (χ2n) is 8.71. The highest BCUT2D eigenvalue weighted by atomic mass is 16.7. The lowest BCUT2D eigenvalue weighted by atomic mass is 9.89. The van der Waals surface area contributed by atoms with Gasteiger partial charge in [-0.05, 0) is 60.2 Å². The Balaban J connectivity index is 1.32. The van der Waals surface area contributed by atoms with Crippen LogP contribution in [-0.2, 0) is 11.2 Å². The predicted octanol–water partition coefficient (Wildman–Crippen LogP) is 4.01. The van der Waals surface area contributed by atoms with Gasteiger partial charge in [0.2, 0.25) is 5.79 Å². The van der Waals surface area contributed by atoms with Crippen LogP contribution < -0.4 is 10.1 Å². The molecule has 2 aromatic rings. The molecule has 2 fully saturated rings. The quantitative estimate of drug-likeness (QED) is 0.837. The highest BCUT2D eigenvalue weighted by molar-refractivity contribution is 5.94. The molecule has 1 saturated carbocycles. The standard InChI is InChI=1S/C25H30N2O3/c1-26-24(28)19-7-5-18(6-8-19)20-9-10-23-21(17-20)11-16-29-25(30-23)12-14-27(15-13-25)22-3-2-4-22/h5-10,17,22H,2-4,11-16H2,1H3,(H,26,28). The van der Waals surface area contributed by atoms with Gasteiger partial charge in [0.05, 0.1) is 6.61 Å². The molecular formula is C25H30N2O3. The van der Waals surface area contributed by atoms with E-state index in [-0.39, 0.29) is 5.91 Å². The van der Waals surface area contributed by atoms with Crippen molar-refractivity contribution < 1.29 is 14.3 Å². The van der Waals surface area contributed by atoms with Crippen molar-refractivity contribution in [3.63, 3.8) is 0 Å². The Morgan fingerprint density at radius 1 is 1.07 bits per heavy atom. The summed E-state index contributed by atoms with van der Waals surface area (Å²) in [6.07, 6.45) is 6.81. The van der Waals surface area contributed by atoms with E-state index in [1.54, 1.807) is 7.05 Å². The van der Waals surface area contributed by atoms with Crippen LogP contribution in [0.1, 0.15) is 48.0 Å². The number of carbonyl (C=O) groups is 1. The molecule has 0 radical (unpaired) electrons. The molecule has 3 aliphatic rings. The van der Waals surface area contributed by atoms with Gasteiger partial charge in [-0.25, -0.2) is 0 Å². The molecular weight excluding hydrogens is 376 g/mol. The van der Waals surface area contributed by atoms with Gasteiger partial charge in [0.1, 0.15) is 5.75 Å².